The summed E-state index contributed by atoms with van der Waals surface area (Å²) < 4.78 is 4.22. The van der Waals surface area contributed by atoms with Gasteiger partial charge in [0, 0.05) is 37.3 Å². The Labute approximate surface area is 147 Å². The zero-order valence-electron chi connectivity index (χ0n) is 14.3. The summed E-state index contributed by atoms with van der Waals surface area (Å²) in [5.41, 5.74) is 2.70. The lowest BCUT2D eigenvalue weighted by Gasteiger charge is -2.27. The van der Waals surface area contributed by atoms with Crippen LogP contribution in [0.1, 0.15) is 41.0 Å². The second kappa shape index (κ2) is 7.85. The molecule has 3 heterocycles. The van der Waals surface area contributed by atoms with Gasteiger partial charge in [0.25, 0.3) is 5.91 Å². The standard InChI is InChI=1S/C18H24N4OS/c1-14-17(13-24-20-14)18(23)22-10-5-7-16(8-11-22)21(2)12-15-6-3-4-9-19-15/h3-4,6,9,13,16H,5,7-8,10-12H2,1-2H3/t16-/m1/s1. The lowest BCUT2D eigenvalue weighted by atomic mass is 10.1. The molecule has 0 unspecified atom stereocenters. The number of hydrogen-bond donors (Lipinski definition) is 0. The Hall–Kier alpha value is -1.79. The number of nitrogens with zero attached hydrogens (tertiary/aromatic N) is 4. The van der Waals surface area contributed by atoms with E-state index < -0.39 is 0 Å². The Morgan fingerprint density at radius 1 is 1.38 bits per heavy atom. The average Bonchev–Trinajstić information content (AvgIpc) is 2.87. The summed E-state index contributed by atoms with van der Waals surface area (Å²) in [6, 6.07) is 6.53. The molecule has 2 aromatic rings. The highest BCUT2D eigenvalue weighted by molar-refractivity contribution is 7.03. The molecular weight excluding hydrogens is 320 g/mol. The fraction of sp³-hybridized carbons (Fsp3) is 0.500. The molecule has 0 saturated carbocycles. The predicted molar refractivity (Wildman–Crippen MR) is 96.1 cm³/mol. The fourth-order valence-corrected chi connectivity index (χ4v) is 3.95. The number of rotatable bonds is 4. The molecule has 0 N–H and O–H groups in total. The Bertz CT molecular complexity index is 673. The molecule has 0 radical (unpaired) electrons. The molecule has 1 fully saturated rings. The monoisotopic (exact) mass is 344 g/mol. The zero-order chi connectivity index (χ0) is 16.9. The van der Waals surface area contributed by atoms with Crippen LogP contribution in [-0.2, 0) is 6.54 Å². The molecule has 0 aliphatic carbocycles. The molecule has 1 amide bonds. The summed E-state index contributed by atoms with van der Waals surface area (Å²) in [7, 11) is 2.16. The lowest BCUT2D eigenvalue weighted by molar-refractivity contribution is 0.0757. The first-order chi connectivity index (χ1) is 11.6. The van der Waals surface area contributed by atoms with Crippen LogP contribution in [-0.4, -0.2) is 51.2 Å². The quantitative estimate of drug-likeness (QED) is 0.855. The molecule has 128 valence electrons. The molecule has 1 aliphatic rings. The van der Waals surface area contributed by atoms with E-state index in [1.54, 1.807) is 0 Å². The van der Waals surface area contributed by atoms with E-state index in [0.717, 1.165) is 55.8 Å². The number of aromatic nitrogens is 2. The average molecular weight is 344 g/mol. The summed E-state index contributed by atoms with van der Waals surface area (Å²) in [5.74, 6) is 0.134. The summed E-state index contributed by atoms with van der Waals surface area (Å²) in [4.78, 5) is 21.4. The van der Waals surface area contributed by atoms with Gasteiger partial charge in [0.2, 0.25) is 0 Å². The van der Waals surface area contributed by atoms with Gasteiger partial charge in [-0.1, -0.05) is 6.07 Å². The topological polar surface area (TPSA) is 49.3 Å². The van der Waals surface area contributed by atoms with Crippen LogP contribution in [0.3, 0.4) is 0 Å². The molecule has 1 atom stereocenters. The second-order valence-electron chi connectivity index (χ2n) is 6.43. The molecule has 5 nitrogen and oxygen atoms in total. The Kier molecular flexibility index (Phi) is 5.58. The number of amides is 1. The van der Waals surface area contributed by atoms with Gasteiger partial charge in [0.15, 0.2) is 0 Å². The van der Waals surface area contributed by atoms with Crippen LogP contribution in [0.25, 0.3) is 0 Å². The van der Waals surface area contributed by atoms with Crippen molar-refractivity contribution in [2.45, 2.75) is 38.8 Å². The molecule has 6 heteroatoms. The summed E-state index contributed by atoms with van der Waals surface area (Å²) >= 11 is 1.36. The number of hydrogen-bond acceptors (Lipinski definition) is 5. The number of aryl methyl sites for hydroxylation is 1. The molecule has 24 heavy (non-hydrogen) atoms. The van der Waals surface area contributed by atoms with Crippen molar-refractivity contribution in [3.63, 3.8) is 0 Å². The first kappa shape index (κ1) is 17.0. The van der Waals surface area contributed by atoms with E-state index in [1.165, 1.54) is 11.5 Å². The molecular formula is C18H24N4OS. The van der Waals surface area contributed by atoms with Gasteiger partial charge in [-0.2, -0.15) is 4.37 Å². The third-order valence-electron chi connectivity index (χ3n) is 4.73. The second-order valence-corrected chi connectivity index (χ2v) is 7.06. The van der Waals surface area contributed by atoms with Crippen LogP contribution in [0.15, 0.2) is 29.8 Å². The Morgan fingerprint density at radius 3 is 2.96 bits per heavy atom. The van der Waals surface area contributed by atoms with E-state index in [9.17, 15) is 4.79 Å². The highest BCUT2D eigenvalue weighted by Gasteiger charge is 2.25. The van der Waals surface area contributed by atoms with E-state index in [4.69, 9.17) is 0 Å². The maximum absolute atomic E-state index is 12.7. The summed E-state index contributed by atoms with van der Waals surface area (Å²) in [5, 5.41) is 1.87. The highest BCUT2D eigenvalue weighted by atomic mass is 32.1. The SMILES string of the molecule is Cc1nscc1C(=O)N1CCC[C@@H](N(C)Cc2ccccn2)CC1. The number of carbonyl (C=O) groups is 1. The van der Waals surface area contributed by atoms with Crippen molar-refractivity contribution in [3.05, 3.63) is 46.7 Å². The minimum atomic E-state index is 0.134. The van der Waals surface area contributed by atoms with Crippen molar-refractivity contribution in [2.75, 3.05) is 20.1 Å². The number of carbonyl (C=O) groups excluding carboxylic acids is 1. The maximum Gasteiger partial charge on any atom is 0.256 e. The van der Waals surface area contributed by atoms with Crippen molar-refractivity contribution in [2.24, 2.45) is 0 Å². The highest BCUT2D eigenvalue weighted by Crippen LogP contribution is 2.20. The normalized spacial score (nSPS) is 18.6. The Morgan fingerprint density at radius 2 is 2.25 bits per heavy atom. The van der Waals surface area contributed by atoms with Gasteiger partial charge in [-0.15, -0.1) is 0 Å². The van der Waals surface area contributed by atoms with E-state index in [2.05, 4.69) is 27.4 Å². The van der Waals surface area contributed by atoms with Gasteiger partial charge in [-0.05, 0) is 56.9 Å². The van der Waals surface area contributed by atoms with Gasteiger partial charge in [0.05, 0.1) is 17.0 Å². The maximum atomic E-state index is 12.7. The molecule has 3 rings (SSSR count). The first-order valence-corrected chi connectivity index (χ1v) is 9.29. The van der Waals surface area contributed by atoms with Crippen molar-refractivity contribution in [3.8, 4) is 0 Å². The fourth-order valence-electron chi connectivity index (χ4n) is 3.27. The summed E-state index contributed by atoms with van der Waals surface area (Å²) in [6.45, 7) is 4.41. The van der Waals surface area contributed by atoms with Crippen LogP contribution in [0.4, 0.5) is 0 Å². The van der Waals surface area contributed by atoms with Crippen molar-refractivity contribution in [1.29, 1.82) is 0 Å². The molecule has 1 saturated heterocycles. The largest absolute Gasteiger partial charge is 0.339 e. The van der Waals surface area contributed by atoms with Gasteiger partial charge in [-0.25, -0.2) is 0 Å². The number of pyridine rings is 1. The zero-order valence-corrected chi connectivity index (χ0v) is 15.1. The first-order valence-electron chi connectivity index (χ1n) is 8.45. The van der Waals surface area contributed by atoms with Crippen LogP contribution in [0.2, 0.25) is 0 Å². The van der Waals surface area contributed by atoms with E-state index >= 15 is 0 Å². The molecule has 2 aromatic heterocycles. The van der Waals surface area contributed by atoms with Gasteiger partial charge in [-0.3, -0.25) is 14.7 Å². The van der Waals surface area contributed by atoms with E-state index in [0.29, 0.717) is 6.04 Å². The predicted octanol–water partition coefficient (Wildman–Crippen LogP) is 2.97. The van der Waals surface area contributed by atoms with Gasteiger partial charge in [0.1, 0.15) is 0 Å². The number of likely N-dealkylation sites (tertiary alicyclic amines) is 1. The minimum absolute atomic E-state index is 0.134. The molecule has 0 spiro atoms. The van der Waals surface area contributed by atoms with Gasteiger partial charge >= 0.3 is 0 Å². The molecule has 0 aromatic carbocycles. The third kappa shape index (κ3) is 3.99. The van der Waals surface area contributed by atoms with Crippen LogP contribution in [0.5, 0.6) is 0 Å². The van der Waals surface area contributed by atoms with Crippen LogP contribution in [0, 0.1) is 6.92 Å². The minimum Gasteiger partial charge on any atom is -0.339 e. The third-order valence-corrected chi connectivity index (χ3v) is 5.45. The van der Waals surface area contributed by atoms with Crippen molar-refractivity contribution < 1.29 is 4.79 Å². The Balaban J connectivity index is 1.58. The van der Waals surface area contributed by atoms with E-state index in [1.807, 2.05) is 35.5 Å². The smallest absolute Gasteiger partial charge is 0.256 e. The van der Waals surface area contributed by atoms with Crippen LogP contribution < -0.4 is 0 Å². The molecule has 1 aliphatic heterocycles. The summed E-state index contributed by atoms with van der Waals surface area (Å²) in [6.07, 6.45) is 5.01. The van der Waals surface area contributed by atoms with E-state index in [-0.39, 0.29) is 5.91 Å². The van der Waals surface area contributed by atoms with Crippen LogP contribution >= 0.6 is 11.5 Å². The lowest BCUT2D eigenvalue weighted by Crippen LogP contribution is -2.35. The van der Waals surface area contributed by atoms with Crippen molar-refractivity contribution in [1.82, 2.24) is 19.2 Å². The van der Waals surface area contributed by atoms with Gasteiger partial charge < -0.3 is 4.90 Å². The van der Waals surface area contributed by atoms with Crippen molar-refractivity contribution >= 4 is 17.4 Å². The molecule has 0 bridgehead atoms.